The second-order valence-corrected chi connectivity index (χ2v) is 10.4. The molecule has 1 aromatic rings. The fourth-order valence-electron chi connectivity index (χ4n) is 5.32. The van der Waals surface area contributed by atoms with Gasteiger partial charge in [-0.15, -0.1) is 0 Å². The molecule has 3 heterocycles. The predicted molar refractivity (Wildman–Crippen MR) is 138 cm³/mol. The van der Waals surface area contributed by atoms with Gasteiger partial charge in [-0.25, -0.2) is 0 Å². The molecule has 0 aliphatic carbocycles. The first kappa shape index (κ1) is 29.4. The number of carbonyl (C=O) groups excluding carboxylic acids is 1. The van der Waals surface area contributed by atoms with E-state index in [-0.39, 0.29) is 30.3 Å². The lowest BCUT2D eigenvalue weighted by Gasteiger charge is -2.44. The average molecular weight is 538 g/mol. The lowest BCUT2D eigenvalue weighted by atomic mass is 9.88. The number of hydrogen-bond acceptors (Lipinski definition) is 9. The molecule has 4 rings (SSSR count). The second kappa shape index (κ2) is 14.1. The van der Waals surface area contributed by atoms with Crippen LogP contribution in [0.2, 0.25) is 0 Å². The molecule has 0 radical (unpaired) electrons. The molecule has 3 aliphatic rings. The summed E-state index contributed by atoms with van der Waals surface area (Å²) < 4.78 is 47.1. The lowest BCUT2D eigenvalue weighted by molar-refractivity contribution is -0.205. The van der Waals surface area contributed by atoms with Gasteiger partial charge in [-0.05, 0) is 32.3 Å². The molecule has 0 saturated carbocycles. The summed E-state index contributed by atoms with van der Waals surface area (Å²) in [4.78, 5) is 11.8. The summed E-state index contributed by atoms with van der Waals surface area (Å²) in [7, 11) is 0. The van der Waals surface area contributed by atoms with Gasteiger partial charge in [0, 0.05) is 6.92 Å². The van der Waals surface area contributed by atoms with Crippen LogP contribution in [0, 0.1) is 0 Å². The predicted octanol–water partition coefficient (Wildman–Crippen LogP) is 2.23. The molecule has 38 heavy (non-hydrogen) atoms. The highest BCUT2D eigenvalue weighted by molar-refractivity contribution is 5.73. The van der Waals surface area contributed by atoms with Crippen molar-refractivity contribution >= 4 is 5.91 Å². The normalized spacial score (nSPS) is 29.3. The van der Waals surface area contributed by atoms with Crippen LogP contribution in [-0.2, 0) is 49.3 Å². The van der Waals surface area contributed by atoms with Crippen LogP contribution >= 0.6 is 0 Å². The van der Waals surface area contributed by atoms with Gasteiger partial charge in [-0.3, -0.25) is 4.79 Å². The molecule has 5 atom stereocenters. The number of benzene rings is 1. The fourth-order valence-corrected chi connectivity index (χ4v) is 5.32. The van der Waals surface area contributed by atoms with Gasteiger partial charge < -0.3 is 43.2 Å². The van der Waals surface area contributed by atoms with Crippen LogP contribution in [0.15, 0.2) is 30.3 Å². The van der Waals surface area contributed by atoms with E-state index >= 15 is 0 Å². The van der Waals surface area contributed by atoms with Crippen molar-refractivity contribution in [3.63, 3.8) is 0 Å². The summed E-state index contributed by atoms with van der Waals surface area (Å²) in [6.07, 6.45) is 0.940. The van der Waals surface area contributed by atoms with Gasteiger partial charge in [0.15, 0.2) is 5.79 Å². The van der Waals surface area contributed by atoms with E-state index in [0.29, 0.717) is 66.1 Å². The first-order valence-corrected chi connectivity index (χ1v) is 13.6. The van der Waals surface area contributed by atoms with E-state index in [0.717, 1.165) is 18.4 Å². The molecule has 1 N–H and O–H groups in total. The Hall–Kier alpha value is -1.63. The molecule has 3 aliphatic heterocycles. The molecule has 10 heteroatoms. The summed E-state index contributed by atoms with van der Waals surface area (Å²) in [6.45, 7) is 10.3. The van der Waals surface area contributed by atoms with Crippen molar-refractivity contribution in [2.75, 3.05) is 59.5 Å². The van der Waals surface area contributed by atoms with Gasteiger partial charge in [0.1, 0.15) is 17.8 Å². The minimum Gasteiger partial charge on any atom is -0.377 e. The Labute approximate surface area is 225 Å². The van der Waals surface area contributed by atoms with Crippen LogP contribution in [0.1, 0.15) is 39.2 Å². The minimum atomic E-state index is -0.739. The lowest BCUT2D eigenvalue weighted by Crippen LogP contribution is -2.64. The topological polar surface area (TPSA) is 103 Å². The molecule has 3 saturated heterocycles. The first-order chi connectivity index (χ1) is 18.4. The zero-order chi connectivity index (χ0) is 26.8. The number of carbonyl (C=O) groups is 1. The summed E-state index contributed by atoms with van der Waals surface area (Å²) in [5, 5.41) is 3.01. The molecular formula is C28H43NO9. The molecule has 1 amide bonds. The maximum absolute atomic E-state index is 11.8. The van der Waals surface area contributed by atoms with Crippen LogP contribution in [0.5, 0.6) is 0 Å². The van der Waals surface area contributed by atoms with Gasteiger partial charge >= 0.3 is 0 Å². The standard InChI is InChI=1S/C28H43NO9/c1-21(30)29-24-23-9-10-28(36-23,26-25(24)37-27(2,3)38-26)20-35-18-16-33-14-12-31-11-13-32-15-17-34-19-22-7-5-4-6-8-22/h4-8,23-26H,9-20H2,1-3H3,(H,29,30)/t23-,24+,25-,26-,28-/m1/s1. The highest BCUT2D eigenvalue weighted by atomic mass is 16.8. The maximum Gasteiger partial charge on any atom is 0.217 e. The summed E-state index contributed by atoms with van der Waals surface area (Å²) in [5.74, 6) is -0.837. The van der Waals surface area contributed by atoms with Crippen molar-refractivity contribution in [1.29, 1.82) is 0 Å². The molecule has 0 spiro atoms. The number of rotatable bonds is 17. The van der Waals surface area contributed by atoms with Crippen molar-refractivity contribution in [2.45, 2.75) is 76.0 Å². The number of nitrogens with one attached hydrogen (secondary N) is 1. The van der Waals surface area contributed by atoms with Gasteiger partial charge in [0.2, 0.25) is 5.91 Å². The van der Waals surface area contributed by atoms with E-state index < -0.39 is 11.4 Å². The Morgan fingerprint density at radius 1 is 0.868 bits per heavy atom. The Bertz CT molecular complexity index is 854. The van der Waals surface area contributed by atoms with E-state index in [1.807, 2.05) is 44.2 Å². The monoisotopic (exact) mass is 537 g/mol. The van der Waals surface area contributed by atoms with Crippen molar-refractivity contribution in [3.05, 3.63) is 35.9 Å². The van der Waals surface area contributed by atoms with E-state index in [2.05, 4.69) is 5.32 Å². The number of hydrogen-bond donors (Lipinski definition) is 1. The Morgan fingerprint density at radius 2 is 1.47 bits per heavy atom. The molecule has 1 aromatic carbocycles. The Morgan fingerprint density at radius 3 is 2.11 bits per heavy atom. The Kier molecular flexibility index (Phi) is 10.9. The van der Waals surface area contributed by atoms with Crippen LogP contribution in [0.4, 0.5) is 0 Å². The SMILES string of the molecule is CC(=O)N[C@@H]1[C@H]2OC(C)(C)O[C@H]2[C@]2(COCCOCCOCCOCCOCc3ccccc3)CC[C@H]1O2. The molecular weight excluding hydrogens is 494 g/mol. The highest BCUT2D eigenvalue weighted by Gasteiger charge is 2.64. The zero-order valence-corrected chi connectivity index (χ0v) is 22.9. The van der Waals surface area contributed by atoms with Gasteiger partial charge in [0.05, 0.1) is 78.2 Å². The Balaban J connectivity index is 1.01. The molecule has 0 unspecified atom stereocenters. The minimum absolute atomic E-state index is 0.0981. The third kappa shape index (κ3) is 8.19. The average Bonchev–Trinajstić information content (AvgIpc) is 3.44. The molecule has 0 aromatic heterocycles. The third-order valence-electron chi connectivity index (χ3n) is 6.96. The summed E-state index contributed by atoms with van der Waals surface area (Å²) in [6, 6.07) is 9.85. The van der Waals surface area contributed by atoms with Crippen molar-refractivity contribution < 1.29 is 42.7 Å². The molecule has 2 bridgehead atoms. The smallest absolute Gasteiger partial charge is 0.217 e. The van der Waals surface area contributed by atoms with E-state index in [1.165, 1.54) is 6.92 Å². The fraction of sp³-hybridized carbons (Fsp3) is 0.750. The van der Waals surface area contributed by atoms with E-state index in [1.54, 1.807) is 0 Å². The van der Waals surface area contributed by atoms with Crippen LogP contribution in [-0.4, -0.2) is 101 Å². The van der Waals surface area contributed by atoms with Gasteiger partial charge in [0.25, 0.3) is 0 Å². The van der Waals surface area contributed by atoms with Gasteiger partial charge in [-0.1, -0.05) is 30.3 Å². The van der Waals surface area contributed by atoms with Crippen molar-refractivity contribution in [3.8, 4) is 0 Å². The first-order valence-electron chi connectivity index (χ1n) is 13.6. The zero-order valence-electron chi connectivity index (χ0n) is 22.9. The maximum atomic E-state index is 11.8. The van der Waals surface area contributed by atoms with Crippen LogP contribution in [0.25, 0.3) is 0 Å². The molecule has 214 valence electrons. The number of amides is 1. The van der Waals surface area contributed by atoms with E-state index in [9.17, 15) is 4.79 Å². The third-order valence-corrected chi connectivity index (χ3v) is 6.96. The highest BCUT2D eigenvalue weighted by Crippen LogP contribution is 2.49. The summed E-state index contributed by atoms with van der Waals surface area (Å²) in [5.41, 5.74) is 0.579. The van der Waals surface area contributed by atoms with Crippen molar-refractivity contribution in [1.82, 2.24) is 5.32 Å². The summed E-state index contributed by atoms with van der Waals surface area (Å²) >= 11 is 0. The van der Waals surface area contributed by atoms with E-state index in [4.69, 9.17) is 37.9 Å². The van der Waals surface area contributed by atoms with Crippen LogP contribution < -0.4 is 5.32 Å². The number of fused-ring (bicyclic) bond motifs is 4. The second-order valence-electron chi connectivity index (χ2n) is 10.4. The number of ether oxygens (including phenoxy) is 8. The largest absolute Gasteiger partial charge is 0.377 e. The van der Waals surface area contributed by atoms with Crippen LogP contribution in [0.3, 0.4) is 0 Å². The molecule has 10 nitrogen and oxygen atoms in total. The van der Waals surface area contributed by atoms with Crippen molar-refractivity contribution in [2.24, 2.45) is 0 Å². The molecule has 3 fully saturated rings. The quantitative estimate of drug-likeness (QED) is 0.300. The van der Waals surface area contributed by atoms with Gasteiger partial charge in [-0.2, -0.15) is 0 Å².